The van der Waals surface area contributed by atoms with Crippen LogP contribution < -0.4 is 0 Å². The summed E-state index contributed by atoms with van der Waals surface area (Å²) in [6.45, 7) is 6.39. The summed E-state index contributed by atoms with van der Waals surface area (Å²) in [5, 5.41) is 0. The van der Waals surface area contributed by atoms with Crippen molar-refractivity contribution in [3.63, 3.8) is 0 Å². The van der Waals surface area contributed by atoms with Crippen LogP contribution in [0.4, 0.5) is 0 Å². The highest BCUT2D eigenvalue weighted by Crippen LogP contribution is 2.15. The SMILES string of the molecule is CC/C=C\C/C=C\C/C=C\C/C=C\C/C=C\C/C=C\CCCCCCCCCCC(=O)OCC(COC(=O)CCCCC/C=C\C/C=C\C/C=C\CC)OC(=O)CCCCCCCCCCC/C=C\CCCCCCCC. The first-order valence-corrected chi connectivity index (χ1v) is 32.0. The van der Waals surface area contributed by atoms with E-state index in [4.69, 9.17) is 14.2 Å². The van der Waals surface area contributed by atoms with Crippen LogP contribution in [-0.4, -0.2) is 37.2 Å². The van der Waals surface area contributed by atoms with Gasteiger partial charge in [0.15, 0.2) is 6.10 Å². The van der Waals surface area contributed by atoms with Gasteiger partial charge in [0, 0.05) is 19.3 Å². The van der Waals surface area contributed by atoms with E-state index in [0.29, 0.717) is 19.3 Å². The van der Waals surface area contributed by atoms with E-state index in [1.165, 1.54) is 122 Å². The molecule has 0 heterocycles. The molecule has 0 bridgehead atoms. The van der Waals surface area contributed by atoms with Crippen molar-refractivity contribution in [2.75, 3.05) is 13.2 Å². The number of rotatable bonds is 57. The Morgan fingerprint density at radius 2 is 0.506 bits per heavy atom. The number of allylic oxidation sites excluding steroid dienone is 20. The second-order valence-corrected chi connectivity index (χ2v) is 20.9. The third-order valence-corrected chi connectivity index (χ3v) is 13.4. The van der Waals surface area contributed by atoms with Gasteiger partial charge in [0.2, 0.25) is 0 Å². The summed E-state index contributed by atoms with van der Waals surface area (Å²) in [4.78, 5) is 38.3. The van der Waals surface area contributed by atoms with E-state index in [0.717, 1.165) is 128 Å². The van der Waals surface area contributed by atoms with E-state index < -0.39 is 6.10 Å². The second-order valence-electron chi connectivity index (χ2n) is 20.9. The van der Waals surface area contributed by atoms with Crippen molar-refractivity contribution in [2.24, 2.45) is 0 Å². The zero-order chi connectivity index (χ0) is 55.7. The van der Waals surface area contributed by atoms with Crippen molar-refractivity contribution in [3.05, 3.63) is 122 Å². The molecule has 0 aromatic carbocycles. The Balaban J connectivity index is 4.36. The standard InChI is InChI=1S/C71H118O6/c1-4-7-10-13-16-19-22-25-27-29-31-32-33-34-35-36-37-38-40-41-43-46-49-52-55-58-61-64-70(73)76-67-68(66-75-69(72)63-60-57-54-51-48-45-24-21-18-15-12-9-6-3)77-71(74)65-62-59-56-53-50-47-44-42-39-30-28-26-23-20-17-14-11-8-5-2/h7,9-10,12,16,18-19,21,25-28,31-32,34-35,37-38,45,48,68H,4-6,8,11,13-15,17,20,22-24,29-30,33,36,39-44,46-47,49-67H2,1-3H3/b10-7-,12-9-,19-16-,21-18-,27-25-,28-26-,32-31-,35-34-,38-37-,48-45-. The van der Waals surface area contributed by atoms with Gasteiger partial charge in [0.25, 0.3) is 0 Å². The van der Waals surface area contributed by atoms with Gasteiger partial charge in [-0.3, -0.25) is 14.4 Å². The van der Waals surface area contributed by atoms with Crippen LogP contribution in [0.5, 0.6) is 0 Å². The smallest absolute Gasteiger partial charge is 0.306 e. The number of hydrogen-bond donors (Lipinski definition) is 0. The quantitative estimate of drug-likeness (QED) is 0.0261. The number of unbranched alkanes of at least 4 members (excludes halogenated alkanes) is 26. The number of carbonyl (C=O) groups is 3. The van der Waals surface area contributed by atoms with Crippen molar-refractivity contribution >= 4 is 17.9 Å². The topological polar surface area (TPSA) is 78.9 Å². The molecule has 6 heteroatoms. The summed E-state index contributed by atoms with van der Waals surface area (Å²) in [5.41, 5.74) is 0. The van der Waals surface area contributed by atoms with Crippen LogP contribution in [0.15, 0.2) is 122 Å². The van der Waals surface area contributed by atoms with Gasteiger partial charge in [-0.05, 0) is 128 Å². The van der Waals surface area contributed by atoms with E-state index in [1.54, 1.807) is 0 Å². The molecule has 0 rings (SSSR count). The van der Waals surface area contributed by atoms with Gasteiger partial charge in [0.1, 0.15) is 13.2 Å². The van der Waals surface area contributed by atoms with Crippen LogP contribution in [0.3, 0.4) is 0 Å². The number of ether oxygens (including phenoxy) is 3. The zero-order valence-electron chi connectivity index (χ0n) is 50.2. The van der Waals surface area contributed by atoms with Gasteiger partial charge in [0.05, 0.1) is 0 Å². The lowest BCUT2D eigenvalue weighted by Crippen LogP contribution is -2.30. The fraction of sp³-hybridized carbons (Fsp3) is 0.676. The van der Waals surface area contributed by atoms with Crippen molar-refractivity contribution in [1.29, 1.82) is 0 Å². The lowest BCUT2D eigenvalue weighted by atomic mass is 10.1. The molecule has 0 amide bonds. The van der Waals surface area contributed by atoms with E-state index in [-0.39, 0.29) is 31.1 Å². The lowest BCUT2D eigenvalue weighted by Gasteiger charge is -2.18. The average molecular weight is 1070 g/mol. The maximum Gasteiger partial charge on any atom is 0.306 e. The van der Waals surface area contributed by atoms with Gasteiger partial charge in [-0.1, -0.05) is 264 Å². The molecule has 0 aliphatic rings. The maximum absolute atomic E-state index is 12.9. The summed E-state index contributed by atoms with van der Waals surface area (Å²) >= 11 is 0. The van der Waals surface area contributed by atoms with Gasteiger partial charge in [-0.25, -0.2) is 0 Å². The Kier molecular flexibility index (Phi) is 60.8. The third-order valence-electron chi connectivity index (χ3n) is 13.4. The van der Waals surface area contributed by atoms with Crippen molar-refractivity contribution < 1.29 is 28.6 Å². The Hall–Kier alpha value is -4.19. The fourth-order valence-corrected chi connectivity index (χ4v) is 8.69. The number of carbonyl (C=O) groups excluding carboxylic acids is 3. The second kappa shape index (κ2) is 64.3. The molecule has 0 saturated heterocycles. The highest BCUT2D eigenvalue weighted by Gasteiger charge is 2.19. The first-order chi connectivity index (χ1) is 38.0. The Labute approximate surface area is 475 Å². The van der Waals surface area contributed by atoms with Gasteiger partial charge in [-0.2, -0.15) is 0 Å². The molecule has 0 spiro atoms. The molecule has 0 fully saturated rings. The van der Waals surface area contributed by atoms with Crippen molar-refractivity contribution in [1.82, 2.24) is 0 Å². The molecule has 0 aromatic heterocycles. The van der Waals surface area contributed by atoms with Crippen LogP contribution >= 0.6 is 0 Å². The molecule has 0 aliphatic carbocycles. The van der Waals surface area contributed by atoms with E-state index >= 15 is 0 Å². The van der Waals surface area contributed by atoms with Crippen LogP contribution in [-0.2, 0) is 28.6 Å². The molecule has 0 radical (unpaired) electrons. The summed E-state index contributed by atoms with van der Waals surface area (Å²) in [7, 11) is 0. The predicted molar refractivity (Wildman–Crippen MR) is 334 cm³/mol. The fourth-order valence-electron chi connectivity index (χ4n) is 8.69. The summed E-state index contributed by atoms with van der Waals surface area (Å²) in [6, 6.07) is 0. The Morgan fingerprint density at radius 1 is 0.273 bits per heavy atom. The highest BCUT2D eigenvalue weighted by molar-refractivity contribution is 5.71. The summed E-state index contributed by atoms with van der Waals surface area (Å²) in [6.07, 6.45) is 89.2. The first-order valence-electron chi connectivity index (χ1n) is 32.0. The minimum absolute atomic E-state index is 0.0944. The minimum Gasteiger partial charge on any atom is -0.462 e. The van der Waals surface area contributed by atoms with Crippen LogP contribution in [0.25, 0.3) is 0 Å². The summed E-state index contributed by atoms with van der Waals surface area (Å²) < 4.78 is 16.9. The highest BCUT2D eigenvalue weighted by atomic mass is 16.6. The first kappa shape index (κ1) is 72.8. The maximum atomic E-state index is 12.9. The molecule has 1 atom stereocenters. The molecule has 438 valence electrons. The molecule has 6 nitrogen and oxygen atoms in total. The van der Waals surface area contributed by atoms with E-state index in [2.05, 4.69) is 142 Å². The zero-order valence-corrected chi connectivity index (χ0v) is 50.2. The normalized spacial score (nSPS) is 12.9. The molecule has 0 saturated carbocycles. The van der Waals surface area contributed by atoms with E-state index in [9.17, 15) is 14.4 Å². The van der Waals surface area contributed by atoms with Gasteiger partial charge >= 0.3 is 17.9 Å². The molecule has 77 heavy (non-hydrogen) atoms. The molecular weight excluding hydrogens is 949 g/mol. The van der Waals surface area contributed by atoms with Crippen LogP contribution in [0, 0.1) is 0 Å². The number of hydrogen-bond acceptors (Lipinski definition) is 6. The molecular formula is C71H118O6. The van der Waals surface area contributed by atoms with Gasteiger partial charge < -0.3 is 14.2 Å². The largest absolute Gasteiger partial charge is 0.462 e. The van der Waals surface area contributed by atoms with Crippen molar-refractivity contribution in [3.8, 4) is 0 Å². The van der Waals surface area contributed by atoms with Crippen LogP contribution in [0.1, 0.15) is 290 Å². The van der Waals surface area contributed by atoms with E-state index in [1.807, 2.05) is 0 Å². The lowest BCUT2D eigenvalue weighted by molar-refractivity contribution is -0.167. The molecule has 0 aliphatic heterocycles. The number of esters is 3. The summed E-state index contributed by atoms with van der Waals surface area (Å²) in [5.74, 6) is -0.930. The van der Waals surface area contributed by atoms with Gasteiger partial charge in [-0.15, -0.1) is 0 Å². The Morgan fingerprint density at radius 3 is 0.818 bits per heavy atom. The monoisotopic (exact) mass is 1070 g/mol. The predicted octanol–water partition coefficient (Wildman–Crippen LogP) is 22.0. The molecule has 0 aromatic rings. The van der Waals surface area contributed by atoms with Crippen LogP contribution in [0.2, 0.25) is 0 Å². The third kappa shape index (κ3) is 62.5. The minimum atomic E-state index is -0.799. The Bertz CT molecular complexity index is 1600. The van der Waals surface area contributed by atoms with Crippen molar-refractivity contribution in [2.45, 2.75) is 297 Å². The average Bonchev–Trinajstić information content (AvgIpc) is 3.43. The molecule has 0 N–H and O–H groups in total. The molecule has 1 unspecified atom stereocenters.